The first-order valence-electron chi connectivity index (χ1n) is 11.3. The first kappa shape index (κ1) is 26.5. The summed E-state index contributed by atoms with van der Waals surface area (Å²) in [5.41, 5.74) is 2.18. The SMILES string of the molecule is COc1cc(C(=O)OCC(=O)c2ccc(NC(=O)C(C)(C)C)cc2)ccc1OCc1c(C)noc1C. The quantitative estimate of drug-likeness (QED) is 0.330. The summed E-state index contributed by atoms with van der Waals surface area (Å²) in [4.78, 5) is 37.1. The Labute approximate surface area is 209 Å². The molecule has 190 valence electrons. The van der Waals surface area contributed by atoms with Crippen molar-refractivity contribution in [3.8, 4) is 11.5 Å². The highest BCUT2D eigenvalue weighted by Gasteiger charge is 2.21. The van der Waals surface area contributed by atoms with Gasteiger partial charge in [-0.2, -0.15) is 0 Å². The molecule has 1 heterocycles. The molecule has 3 rings (SSSR count). The van der Waals surface area contributed by atoms with E-state index in [4.69, 9.17) is 18.7 Å². The number of aromatic nitrogens is 1. The van der Waals surface area contributed by atoms with Gasteiger partial charge in [0.05, 0.1) is 23.9 Å². The molecule has 0 radical (unpaired) electrons. The molecule has 0 bridgehead atoms. The van der Waals surface area contributed by atoms with Gasteiger partial charge in [-0.3, -0.25) is 9.59 Å². The van der Waals surface area contributed by atoms with Gasteiger partial charge in [0.2, 0.25) is 5.91 Å². The second-order valence-electron chi connectivity index (χ2n) is 9.24. The van der Waals surface area contributed by atoms with Crippen molar-refractivity contribution in [1.82, 2.24) is 5.16 Å². The predicted molar refractivity (Wildman–Crippen MR) is 132 cm³/mol. The Morgan fingerprint density at radius 3 is 2.22 bits per heavy atom. The number of benzene rings is 2. The predicted octanol–water partition coefficient (Wildman–Crippen LogP) is 4.90. The molecule has 1 amide bonds. The maximum Gasteiger partial charge on any atom is 0.338 e. The van der Waals surface area contributed by atoms with Crippen LogP contribution in [0.5, 0.6) is 11.5 Å². The number of amides is 1. The van der Waals surface area contributed by atoms with Gasteiger partial charge in [0.15, 0.2) is 23.9 Å². The Bertz CT molecular complexity index is 1230. The van der Waals surface area contributed by atoms with E-state index in [0.717, 1.165) is 11.3 Å². The van der Waals surface area contributed by atoms with E-state index >= 15 is 0 Å². The molecule has 0 aliphatic carbocycles. The number of hydrogen-bond donors (Lipinski definition) is 1. The lowest BCUT2D eigenvalue weighted by Gasteiger charge is -2.17. The van der Waals surface area contributed by atoms with Crippen LogP contribution in [0.1, 0.15) is 58.5 Å². The number of esters is 1. The number of aryl methyl sites for hydroxylation is 2. The number of methoxy groups -OCH3 is 1. The van der Waals surface area contributed by atoms with E-state index in [-0.39, 0.29) is 23.9 Å². The largest absolute Gasteiger partial charge is 0.493 e. The minimum atomic E-state index is -0.673. The number of anilines is 1. The molecule has 0 aliphatic rings. The molecule has 0 saturated carbocycles. The van der Waals surface area contributed by atoms with E-state index in [1.807, 2.05) is 27.7 Å². The summed E-state index contributed by atoms with van der Waals surface area (Å²) >= 11 is 0. The van der Waals surface area contributed by atoms with Crippen LogP contribution in [0, 0.1) is 19.3 Å². The first-order valence-corrected chi connectivity index (χ1v) is 11.3. The van der Waals surface area contributed by atoms with Crippen molar-refractivity contribution >= 4 is 23.3 Å². The molecule has 1 aromatic heterocycles. The molecular formula is C27H30N2O7. The molecule has 0 aliphatic heterocycles. The average molecular weight is 495 g/mol. The fraction of sp³-hybridized carbons (Fsp3) is 0.333. The van der Waals surface area contributed by atoms with Crippen molar-refractivity contribution in [2.75, 3.05) is 19.0 Å². The van der Waals surface area contributed by atoms with Crippen LogP contribution in [-0.4, -0.2) is 36.5 Å². The standard InChI is InChI=1S/C27H30N2O7/c1-16-21(17(2)36-29-16)14-34-23-12-9-19(13-24(23)33-6)25(31)35-15-22(30)18-7-10-20(11-8-18)28-26(32)27(3,4)5/h7-13H,14-15H2,1-6H3,(H,28,32). The number of carbonyl (C=O) groups excluding carboxylic acids is 3. The van der Waals surface area contributed by atoms with E-state index in [2.05, 4.69) is 10.5 Å². The van der Waals surface area contributed by atoms with Gasteiger partial charge in [0.1, 0.15) is 12.4 Å². The number of carbonyl (C=O) groups is 3. The van der Waals surface area contributed by atoms with Crippen LogP contribution < -0.4 is 14.8 Å². The molecule has 3 aromatic rings. The molecule has 2 aromatic carbocycles. The first-order chi connectivity index (χ1) is 17.0. The fourth-order valence-electron chi connectivity index (χ4n) is 3.13. The Balaban J connectivity index is 1.58. The summed E-state index contributed by atoms with van der Waals surface area (Å²) in [7, 11) is 1.46. The van der Waals surface area contributed by atoms with Gasteiger partial charge in [-0.25, -0.2) is 4.79 Å². The van der Waals surface area contributed by atoms with Gasteiger partial charge in [-0.1, -0.05) is 25.9 Å². The highest BCUT2D eigenvalue weighted by atomic mass is 16.5. The van der Waals surface area contributed by atoms with Crippen LogP contribution >= 0.6 is 0 Å². The van der Waals surface area contributed by atoms with Crippen molar-refractivity contribution < 1.29 is 33.1 Å². The molecule has 0 atom stereocenters. The Hall–Kier alpha value is -4.14. The number of Topliss-reactive ketones (excluding diaryl/α,β-unsaturated/α-hetero) is 1. The summed E-state index contributed by atoms with van der Waals surface area (Å²) in [6, 6.07) is 11.0. The smallest absolute Gasteiger partial charge is 0.338 e. The minimum absolute atomic E-state index is 0.133. The lowest BCUT2D eigenvalue weighted by atomic mass is 9.95. The monoisotopic (exact) mass is 494 g/mol. The van der Waals surface area contributed by atoms with Crippen LogP contribution in [0.3, 0.4) is 0 Å². The second kappa shape index (κ2) is 11.1. The Morgan fingerprint density at radius 2 is 1.64 bits per heavy atom. The maximum absolute atomic E-state index is 12.5. The van der Waals surface area contributed by atoms with Crippen molar-refractivity contribution in [2.24, 2.45) is 5.41 Å². The van der Waals surface area contributed by atoms with Gasteiger partial charge in [0.25, 0.3) is 0 Å². The van der Waals surface area contributed by atoms with Crippen molar-refractivity contribution in [3.63, 3.8) is 0 Å². The number of rotatable bonds is 9. The van der Waals surface area contributed by atoms with E-state index in [0.29, 0.717) is 28.5 Å². The molecular weight excluding hydrogens is 464 g/mol. The van der Waals surface area contributed by atoms with Gasteiger partial charge >= 0.3 is 5.97 Å². The van der Waals surface area contributed by atoms with E-state index in [1.54, 1.807) is 37.3 Å². The molecule has 0 spiro atoms. The molecule has 0 unspecified atom stereocenters. The molecule has 0 fully saturated rings. The normalized spacial score (nSPS) is 11.1. The molecule has 9 nitrogen and oxygen atoms in total. The minimum Gasteiger partial charge on any atom is -0.493 e. The summed E-state index contributed by atoms with van der Waals surface area (Å²) in [5, 5.41) is 6.69. The van der Waals surface area contributed by atoms with Crippen LogP contribution in [0.4, 0.5) is 5.69 Å². The molecule has 36 heavy (non-hydrogen) atoms. The van der Waals surface area contributed by atoms with E-state index < -0.39 is 18.0 Å². The Morgan fingerprint density at radius 1 is 0.972 bits per heavy atom. The van der Waals surface area contributed by atoms with Crippen molar-refractivity contribution in [3.05, 3.63) is 70.6 Å². The molecule has 0 saturated heterocycles. The average Bonchev–Trinajstić information content (AvgIpc) is 3.17. The summed E-state index contributed by atoms with van der Waals surface area (Å²) < 4.78 is 21.5. The lowest BCUT2D eigenvalue weighted by Crippen LogP contribution is -2.27. The molecule has 9 heteroatoms. The number of ketones is 1. The van der Waals surface area contributed by atoms with Gasteiger partial charge in [-0.05, 0) is 56.3 Å². The van der Waals surface area contributed by atoms with E-state index in [9.17, 15) is 14.4 Å². The van der Waals surface area contributed by atoms with Crippen molar-refractivity contribution in [2.45, 2.75) is 41.2 Å². The fourth-order valence-corrected chi connectivity index (χ4v) is 3.13. The van der Waals surface area contributed by atoms with Crippen LogP contribution in [0.15, 0.2) is 47.0 Å². The number of nitrogens with one attached hydrogen (secondary N) is 1. The summed E-state index contributed by atoms with van der Waals surface area (Å²) in [6.45, 7) is 8.86. The lowest BCUT2D eigenvalue weighted by molar-refractivity contribution is -0.123. The zero-order valence-corrected chi connectivity index (χ0v) is 21.3. The van der Waals surface area contributed by atoms with Crippen LogP contribution in [0.2, 0.25) is 0 Å². The van der Waals surface area contributed by atoms with Crippen LogP contribution in [0.25, 0.3) is 0 Å². The third-order valence-electron chi connectivity index (χ3n) is 5.43. The maximum atomic E-state index is 12.5. The topological polar surface area (TPSA) is 117 Å². The number of nitrogens with zero attached hydrogens (tertiary/aromatic N) is 1. The highest BCUT2D eigenvalue weighted by molar-refractivity contribution is 6.00. The molecule has 1 N–H and O–H groups in total. The van der Waals surface area contributed by atoms with Crippen LogP contribution in [-0.2, 0) is 16.1 Å². The second-order valence-corrected chi connectivity index (χ2v) is 9.24. The third kappa shape index (κ3) is 6.50. The summed E-state index contributed by atoms with van der Waals surface area (Å²) in [5.74, 6) is 0.266. The summed E-state index contributed by atoms with van der Waals surface area (Å²) in [6.07, 6.45) is 0. The number of hydrogen-bond acceptors (Lipinski definition) is 8. The van der Waals surface area contributed by atoms with Crippen molar-refractivity contribution in [1.29, 1.82) is 0 Å². The highest BCUT2D eigenvalue weighted by Crippen LogP contribution is 2.30. The zero-order valence-electron chi connectivity index (χ0n) is 21.3. The van der Waals surface area contributed by atoms with Gasteiger partial charge in [-0.15, -0.1) is 0 Å². The van der Waals surface area contributed by atoms with E-state index in [1.165, 1.54) is 19.2 Å². The third-order valence-corrected chi connectivity index (χ3v) is 5.43. The number of ether oxygens (including phenoxy) is 3. The van der Waals surface area contributed by atoms with Gasteiger partial charge < -0.3 is 24.1 Å². The van der Waals surface area contributed by atoms with Gasteiger partial charge in [0, 0.05) is 16.7 Å². The Kier molecular flexibility index (Phi) is 8.14. The zero-order chi connectivity index (χ0) is 26.5.